The predicted molar refractivity (Wildman–Crippen MR) is 69.5 cm³/mol. The van der Waals surface area contributed by atoms with Crippen LogP contribution in [0.2, 0.25) is 0 Å². The number of hydrogen-bond acceptors (Lipinski definition) is 6. The van der Waals surface area contributed by atoms with Gasteiger partial charge >= 0.3 is 0 Å². The molecule has 0 amide bonds. The van der Waals surface area contributed by atoms with E-state index in [0.29, 0.717) is 6.04 Å². The summed E-state index contributed by atoms with van der Waals surface area (Å²) in [7, 11) is 0. The van der Waals surface area contributed by atoms with E-state index in [1.807, 2.05) is 4.68 Å². The van der Waals surface area contributed by atoms with E-state index < -0.39 is 0 Å². The molecule has 0 spiro atoms. The van der Waals surface area contributed by atoms with Crippen LogP contribution < -0.4 is 0 Å². The zero-order valence-corrected chi connectivity index (χ0v) is 11.3. The maximum atomic E-state index is 9.00. The molecular formula is C12H22N6O. The monoisotopic (exact) mass is 266 g/mol. The topological polar surface area (TPSA) is 70.3 Å². The molecule has 1 saturated carbocycles. The number of nitrogens with zero attached hydrogens (tertiary/aromatic N) is 6. The lowest BCUT2D eigenvalue weighted by Gasteiger charge is -2.20. The third-order valence-electron chi connectivity index (χ3n) is 3.92. The first kappa shape index (κ1) is 13.0. The molecule has 106 valence electrons. The number of aliphatic hydroxyl groups excluding tert-OH is 1. The molecule has 7 heteroatoms. The molecule has 0 atom stereocenters. The molecule has 2 fully saturated rings. The van der Waals surface area contributed by atoms with Crippen LogP contribution in [0, 0.1) is 0 Å². The zero-order valence-electron chi connectivity index (χ0n) is 11.3. The van der Waals surface area contributed by atoms with Gasteiger partial charge in [0.1, 0.15) is 0 Å². The number of rotatable bonds is 5. The van der Waals surface area contributed by atoms with Gasteiger partial charge in [-0.15, -0.1) is 5.10 Å². The number of tetrazole rings is 1. The van der Waals surface area contributed by atoms with Crippen molar-refractivity contribution in [1.82, 2.24) is 30.0 Å². The quantitative estimate of drug-likeness (QED) is 0.775. The van der Waals surface area contributed by atoms with Crippen molar-refractivity contribution in [2.45, 2.75) is 31.8 Å². The van der Waals surface area contributed by atoms with Crippen LogP contribution in [-0.4, -0.2) is 74.4 Å². The molecule has 0 radical (unpaired) electrons. The van der Waals surface area contributed by atoms with Gasteiger partial charge in [-0.3, -0.25) is 9.80 Å². The van der Waals surface area contributed by atoms with Crippen LogP contribution in [0.15, 0.2) is 0 Å². The largest absolute Gasteiger partial charge is 0.395 e. The van der Waals surface area contributed by atoms with E-state index in [1.54, 1.807) is 0 Å². The van der Waals surface area contributed by atoms with Crippen LogP contribution in [0.3, 0.4) is 0 Å². The van der Waals surface area contributed by atoms with Crippen molar-refractivity contribution in [3.63, 3.8) is 0 Å². The van der Waals surface area contributed by atoms with Gasteiger partial charge in [-0.1, -0.05) is 0 Å². The molecule has 0 bridgehead atoms. The van der Waals surface area contributed by atoms with Crippen LogP contribution in [0.4, 0.5) is 0 Å². The Labute approximate surface area is 113 Å². The van der Waals surface area contributed by atoms with Crippen molar-refractivity contribution in [2.75, 3.05) is 39.3 Å². The fourth-order valence-electron chi connectivity index (χ4n) is 2.67. The van der Waals surface area contributed by atoms with Crippen molar-refractivity contribution in [3.8, 4) is 0 Å². The van der Waals surface area contributed by atoms with Gasteiger partial charge in [0, 0.05) is 19.6 Å². The lowest BCUT2D eigenvalue weighted by molar-refractivity contribution is 0.195. The van der Waals surface area contributed by atoms with Gasteiger partial charge in [-0.2, -0.15) is 0 Å². The number of β-amino-alcohol motifs (C(OH)–C–C–N with tert-alkyl or cyclic N) is 1. The van der Waals surface area contributed by atoms with E-state index in [0.717, 1.165) is 51.5 Å². The maximum Gasteiger partial charge on any atom is 0.165 e. The lowest BCUT2D eigenvalue weighted by Crippen LogP contribution is -2.32. The smallest absolute Gasteiger partial charge is 0.165 e. The van der Waals surface area contributed by atoms with E-state index in [4.69, 9.17) is 5.11 Å². The summed E-state index contributed by atoms with van der Waals surface area (Å²) in [5, 5.41) is 21.1. The van der Waals surface area contributed by atoms with Crippen LogP contribution in [-0.2, 0) is 6.54 Å². The van der Waals surface area contributed by atoms with Crippen LogP contribution >= 0.6 is 0 Å². The van der Waals surface area contributed by atoms with Gasteiger partial charge in [-0.05, 0) is 42.8 Å². The molecular weight excluding hydrogens is 244 g/mol. The molecule has 1 saturated heterocycles. The molecule has 19 heavy (non-hydrogen) atoms. The molecule has 7 nitrogen and oxygen atoms in total. The lowest BCUT2D eigenvalue weighted by atomic mass is 10.3. The third kappa shape index (κ3) is 3.29. The predicted octanol–water partition coefficient (Wildman–Crippen LogP) is -0.492. The fraction of sp³-hybridized carbons (Fsp3) is 0.917. The number of aromatic nitrogens is 4. The third-order valence-corrected chi connectivity index (χ3v) is 3.92. The molecule has 1 aromatic rings. The second-order valence-corrected chi connectivity index (χ2v) is 5.47. The summed E-state index contributed by atoms with van der Waals surface area (Å²) in [5.41, 5.74) is 0. The maximum absolute atomic E-state index is 9.00. The Balaban J connectivity index is 1.56. The summed E-state index contributed by atoms with van der Waals surface area (Å²) >= 11 is 0. The molecule has 1 aliphatic carbocycles. The Morgan fingerprint density at radius 2 is 1.89 bits per heavy atom. The van der Waals surface area contributed by atoms with Crippen LogP contribution in [0.5, 0.6) is 0 Å². The van der Waals surface area contributed by atoms with E-state index in [-0.39, 0.29) is 6.61 Å². The highest BCUT2D eigenvalue weighted by molar-refractivity contribution is 4.90. The SMILES string of the molecule is OCCN1CCCN(Cc2nnnn2C2CC2)CC1. The molecule has 1 aliphatic heterocycles. The molecule has 1 N–H and O–H groups in total. The van der Waals surface area contributed by atoms with Crippen molar-refractivity contribution in [1.29, 1.82) is 0 Å². The molecule has 1 aromatic heterocycles. The summed E-state index contributed by atoms with van der Waals surface area (Å²) in [6.07, 6.45) is 3.57. The van der Waals surface area contributed by atoms with Gasteiger partial charge < -0.3 is 5.11 Å². The zero-order chi connectivity index (χ0) is 13.1. The fourth-order valence-corrected chi connectivity index (χ4v) is 2.67. The van der Waals surface area contributed by atoms with Crippen molar-refractivity contribution >= 4 is 0 Å². The van der Waals surface area contributed by atoms with Gasteiger partial charge in [-0.25, -0.2) is 4.68 Å². The first-order valence-corrected chi connectivity index (χ1v) is 7.19. The van der Waals surface area contributed by atoms with Gasteiger partial charge in [0.15, 0.2) is 5.82 Å². The van der Waals surface area contributed by atoms with E-state index in [1.165, 1.54) is 12.8 Å². The normalized spacial score (nSPS) is 22.6. The van der Waals surface area contributed by atoms with E-state index >= 15 is 0 Å². The molecule has 3 rings (SSSR count). The van der Waals surface area contributed by atoms with Gasteiger partial charge in [0.25, 0.3) is 0 Å². The van der Waals surface area contributed by atoms with Crippen LogP contribution in [0.25, 0.3) is 0 Å². The van der Waals surface area contributed by atoms with E-state index in [2.05, 4.69) is 25.3 Å². The molecule has 2 aliphatic rings. The summed E-state index contributed by atoms with van der Waals surface area (Å²) in [4.78, 5) is 4.74. The Morgan fingerprint density at radius 1 is 1.11 bits per heavy atom. The summed E-state index contributed by atoms with van der Waals surface area (Å²) in [6, 6.07) is 0.544. The second kappa shape index (κ2) is 5.94. The summed E-state index contributed by atoms with van der Waals surface area (Å²) in [6.45, 7) is 6.08. The molecule has 0 unspecified atom stereocenters. The Bertz CT molecular complexity index is 405. The van der Waals surface area contributed by atoms with Gasteiger partial charge in [0.05, 0.1) is 19.2 Å². The minimum Gasteiger partial charge on any atom is -0.395 e. The summed E-state index contributed by atoms with van der Waals surface area (Å²) < 4.78 is 2.00. The second-order valence-electron chi connectivity index (χ2n) is 5.47. The highest BCUT2D eigenvalue weighted by Crippen LogP contribution is 2.34. The van der Waals surface area contributed by atoms with Crippen LogP contribution in [0.1, 0.15) is 31.1 Å². The standard InChI is InChI=1S/C12H22N6O/c19-9-8-16-4-1-5-17(7-6-16)10-12-13-14-15-18(12)11-2-3-11/h11,19H,1-10H2. The number of hydrogen-bond donors (Lipinski definition) is 1. The minimum absolute atomic E-state index is 0.250. The van der Waals surface area contributed by atoms with Crippen molar-refractivity contribution < 1.29 is 5.11 Å². The van der Waals surface area contributed by atoms with Crippen molar-refractivity contribution in [3.05, 3.63) is 5.82 Å². The Kier molecular flexibility index (Phi) is 4.05. The highest BCUT2D eigenvalue weighted by atomic mass is 16.3. The molecule has 0 aromatic carbocycles. The Hall–Kier alpha value is -1.05. The highest BCUT2D eigenvalue weighted by Gasteiger charge is 2.28. The average molecular weight is 266 g/mol. The van der Waals surface area contributed by atoms with E-state index in [9.17, 15) is 0 Å². The minimum atomic E-state index is 0.250. The Morgan fingerprint density at radius 3 is 2.68 bits per heavy atom. The first-order valence-electron chi connectivity index (χ1n) is 7.19. The summed E-state index contributed by atoms with van der Waals surface area (Å²) in [5.74, 6) is 0.998. The molecule has 2 heterocycles. The van der Waals surface area contributed by atoms with Gasteiger partial charge in [0.2, 0.25) is 0 Å². The number of aliphatic hydroxyl groups is 1. The van der Waals surface area contributed by atoms with Crippen molar-refractivity contribution in [2.24, 2.45) is 0 Å². The first-order chi connectivity index (χ1) is 9.36. The average Bonchev–Trinajstić information content (AvgIpc) is 3.18.